The lowest BCUT2D eigenvalue weighted by Crippen LogP contribution is -2.40. The Hall–Kier alpha value is -0.510. The van der Waals surface area contributed by atoms with Crippen molar-refractivity contribution in [2.45, 2.75) is 32.7 Å². The van der Waals surface area contributed by atoms with Gasteiger partial charge in [0.25, 0.3) is 0 Å². The van der Waals surface area contributed by atoms with Gasteiger partial charge in [0.1, 0.15) is 0 Å². The van der Waals surface area contributed by atoms with E-state index in [1.165, 1.54) is 0 Å². The number of amides is 1. The molecule has 0 spiro atoms. The molecule has 3 nitrogen and oxygen atoms in total. The molecule has 1 amide bonds. The van der Waals surface area contributed by atoms with Crippen LogP contribution in [0.25, 0.3) is 0 Å². The average molecular weight is 229 g/mol. The fourth-order valence-electron chi connectivity index (χ4n) is 2.18. The number of rotatable bonds is 5. The minimum Gasteiger partial charge on any atom is -0.332 e. The molecule has 0 saturated carbocycles. The van der Waals surface area contributed by atoms with Crippen LogP contribution in [-0.4, -0.2) is 41.2 Å². The molecular weight excluding hydrogens is 210 g/mol. The van der Waals surface area contributed by atoms with Crippen molar-refractivity contribution >= 4 is 23.5 Å². The third-order valence-corrected chi connectivity index (χ3v) is 3.68. The molecule has 0 aromatic carbocycles. The van der Waals surface area contributed by atoms with Crippen molar-refractivity contribution < 1.29 is 9.59 Å². The number of carbonyl (C=O) groups is 2. The Bertz CT molecular complexity index is 255. The SMILES string of the molecule is CCC(C(C)=O)N1CC(CSC)CC1=O. The topological polar surface area (TPSA) is 37.4 Å². The maximum absolute atomic E-state index is 11.7. The fourth-order valence-corrected chi connectivity index (χ4v) is 2.88. The Labute approximate surface area is 95.6 Å². The standard InChI is InChI=1S/C11H19NO2S/c1-4-10(8(2)13)12-6-9(7-15-3)5-11(12)14/h9-10H,4-7H2,1-3H3. The Kier molecular flexibility index (Phi) is 4.64. The molecule has 4 heteroatoms. The number of hydrogen-bond acceptors (Lipinski definition) is 3. The van der Waals surface area contributed by atoms with Crippen molar-refractivity contribution in [2.24, 2.45) is 5.92 Å². The number of carbonyl (C=O) groups excluding carboxylic acids is 2. The predicted octanol–water partition coefficient (Wildman–Crippen LogP) is 1.57. The molecule has 1 saturated heterocycles. The molecule has 0 radical (unpaired) electrons. The minimum atomic E-state index is -0.190. The summed E-state index contributed by atoms with van der Waals surface area (Å²) in [6, 6.07) is -0.190. The highest BCUT2D eigenvalue weighted by atomic mass is 32.2. The normalized spacial score (nSPS) is 23.3. The van der Waals surface area contributed by atoms with Crippen LogP contribution < -0.4 is 0 Å². The Morgan fingerprint density at radius 3 is 2.80 bits per heavy atom. The van der Waals surface area contributed by atoms with Gasteiger partial charge in [0, 0.05) is 13.0 Å². The van der Waals surface area contributed by atoms with Crippen LogP contribution in [0.1, 0.15) is 26.7 Å². The maximum Gasteiger partial charge on any atom is 0.223 e. The molecule has 0 aromatic rings. The smallest absolute Gasteiger partial charge is 0.223 e. The summed E-state index contributed by atoms with van der Waals surface area (Å²) in [6.45, 7) is 4.29. The zero-order valence-corrected chi connectivity index (χ0v) is 10.5. The van der Waals surface area contributed by atoms with Crippen molar-refractivity contribution in [3.8, 4) is 0 Å². The van der Waals surface area contributed by atoms with E-state index in [9.17, 15) is 9.59 Å². The van der Waals surface area contributed by atoms with E-state index in [0.29, 0.717) is 12.3 Å². The van der Waals surface area contributed by atoms with Crippen LogP contribution in [0.2, 0.25) is 0 Å². The quantitative estimate of drug-likeness (QED) is 0.718. The highest BCUT2D eigenvalue weighted by molar-refractivity contribution is 7.98. The Balaban J connectivity index is 2.63. The van der Waals surface area contributed by atoms with Crippen LogP contribution in [0.3, 0.4) is 0 Å². The zero-order valence-electron chi connectivity index (χ0n) is 9.66. The van der Waals surface area contributed by atoms with Gasteiger partial charge in [-0.3, -0.25) is 9.59 Å². The predicted molar refractivity (Wildman–Crippen MR) is 63.0 cm³/mol. The third-order valence-electron chi connectivity index (χ3n) is 2.87. The van der Waals surface area contributed by atoms with Gasteiger partial charge < -0.3 is 4.90 Å². The molecule has 1 heterocycles. The van der Waals surface area contributed by atoms with E-state index in [4.69, 9.17) is 0 Å². The monoisotopic (exact) mass is 229 g/mol. The summed E-state index contributed by atoms with van der Waals surface area (Å²) in [5.74, 6) is 1.70. The van der Waals surface area contributed by atoms with Crippen LogP contribution in [0.4, 0.5) is 0 Å². The van der Waals surface area contributed by atoms with Crippen LogP contribution in [0, 0.1) is 5.92 Å². The average Bonchev–Trinajstić information content (AvgIpc) is 2.49. The van der Waals surface area contributed by atoms with Gasteiger partial charge in [-0.2, -0.15) is 11.8 Å². The molecule has 1 aliphatic rings. The van der Waals surface area contributed by atoms with Gasteiger partial charge in [-0.1, -0.05) is 6.92 Å². The van der Waals surface area contributed by atoms with Crippen LogP contribution in [0.15, 0.2) is 0 Å². The molecule has 86 valence electrons. The Morgan fingerprint density at radius 1 is 1.67 bits per heavy atom. The second-order valence-corrected chi connectivity index (χ2v) is 5.02. The number of likely N-dealkylation sites (tertiary alicyclic amines) is 1. The van der Waals surface area contributed by atoms with Crippen LogP contribution in [0.5, 0.6) is 0 Å². The number of nitrogens with zero attached hydrogens (tertiary/aromatic N) is 1. The number of Topliss-reactive ketones (excluding diaryl/α,β-unsaturated/α-hetero) is 1. The van der Waals surface area contributed by atoms with Crippen molar-refractivity contribution in [2.75, 3.05) is 18.6 Å². The van der Waals surface area contributed by atoms with E-state index in [1.54, 1.807) is 23.6 Å². The highest BCUT2D eigenvalue weighted by Gasteiger charge is 2.34. The van der Waals surface area contributed by atoms with Gasteiger partial charge in [0.05, 0.1) is 6.04 Å². The summed E-state index contributed by atoms with van der Waals surface area (Å²) in [7, 11) is 0. The first-order chi connectivity index (χ1) is 7.10. The van der Waals surface area contributed by atoms with Crippen LogP contribution in [-0.2, 0) is 9.59 Å². The molecule has 0 aromatic heterocycles. The summed E-state index contributed by atoms with van der Waals surface area (Å²) in [6.07, 6.45) is 3.40. The van der Waals surface area contributed by atoms with E-state index in [-0.39, 0.29) is 17.7 Å². The van der Waals surface area contributed by atoms with E-state index in [0.717, 1.165) is 18.7 Å². The summed E-state index contributed by atoms with van der Waals surface area (Å²) < 4.78 is 0. The fraction of sp³-hybridized carbons (Fsp3) is 0.818. The minimum absolute atomic E-state index is 0.107. The van der Waals surface area contributed by atoms with E-state index >= 15 is 0 Å². The van der Waals surface area contributed by atoms with Crippen molar-refractivity contribution in [3.05, 3.63) is 0 Å². The molecular formula is C11H19NO2S. The molecule has 1 aliphatic heterocycles. The second-order valence-electron chi connectivity index (χ2n) is 4.11. The number of hydrogen-bond donors (Lipinski definition) is 0. The van der Waals surface area contributed by atoms with Gasteiger partial charge in [-0.05, 0) is 31.3 Å². The second kappa shape index (κ2) is 5.54. The summed E-state index contributed by atoms with van der Waals surface area (Å²) >= 11 is 1.77. The molecule has 0 N–H and O–H groups in total. The zero-order chi connectivity index (χ0) is 11.4. The van der Waals surface area contributed by atoms with E-state index < -0.39 is 0 Å². The Morgan fingerprint density at radius 2 is 2.33 bits per heavy atom. The molecule has 1 fully saturated rings. The summed E-state index contributed by atoms with van der Waals surface area (Å²) in [5, 5.41) is 0. The molecule has 0 aliphatic carbocycles. The molecule has 2 atom stereocenters. The molecule has 1 rings (SSSR count). The number of thioether (sulfide) groups is 1. The molecule has 15 heavy (non-hydrogen) atoms. The van der Waals surface area contributed by atoms with Crippen molar-refractivity contribution in [3.63, 3.8) is 0 Å². The molecule has 0 bridgehead atoms. The largest absolute Gasteiger partial charge is 0.332 e. The van der Waals surface area contributed by atoms with Gasteiger partial charge in [-0.15, -0.1) is 0 Å². The highest BCUT2D eigenvalue weighted by Crippen LogP contribution is 2.24. The third kappa shape index (κ3) is 2.97. The van der Waals surface area contributed by atoms with Crippen molar-refractivity contribution in [1.29, 1.82) is 0 Å². The lowest BCUT2D eigenvalue weighted by molar-refractivity contribution is -0.135. The maximum atomic E-state index is 11.7. The van der Waals surface area contributed by atoms with Gasteiger partial charge >= 0.3 is 0 Å². The first-order valence-electron chi connectivity index (χ1n) is 5.39. The summed E-state index contributed by atoms with van der Waals surface area (Å²) in [5.41, 5.74) is 0. The van der Waals surface area contributed by atoms with E-state index in [1.807, 2.05) is 6.92 Å². The van der Waals surface area contributed by atoms with E-state index in [2.05, 4.69) is 6.26 Å². The number of ketones is 1. The first kappa shape index (κ1) is 12.6. The van der Waals surface area contributed by atoms with Gasteiger partial charge in [-0.25, -0.2) is 0 Å². The van der Waals surface area contributed by atoms with Gasteiger partial charge in [0.2, 0.25) is 5.91 Å². The molecule has 2 unspecified atom stereocenters. The first-order valence-corrected chi connectivity index (χ1v) is 6.78. The van der Waals surface area contributed by atoms with Crippen LogP contribution >= 0.6 is 11.8 Å². The lowest BCUT2D eigenvalue weighted by Gasteiger charge is -2.24. The summed E-state index contributed by atoms with van der Waals surface area (Å²) in [4.78, 5) is 24.9. The van der Waals surface area contributed by atoms with Crippen molar-refractivity contribution in [1.82, 2.24) is 4.90 Å². The van der Waals surface area contributed by atoms with Gasteiger partial charge in [0.15, 0.2) is 5.78 Å². The lowest BCUT2D eigenvalue weighted by atomic mass is 10.1.